The normalized spacial score (nSPS) is 7.69. The van der Waals surface area contributed by atoms with Gasteiger partial charge in [-0.2, -0.15) is 30.3 Å². The van der Waals surface area contributed by atoms with E-state index >= 15 is 0 Å². The monoisotopic (exact) mass is 216 g/mol. The van der Waals surface area contributed by atoms with E-state index in [4.69, 9.17) is 0 Å². The fourth-order valence-corrected chi connectivity index (χ4v) is 0.788. The molecular weight excluding hydrogens is 207 g/mol. The summed E-state index contributed by atoms with van der Waals surface area (Å²) >= 11 is 0. The molecule has 0 N–H and O–H groups in total. The molecule has 0 aliphatic rings. The van der Waals surface area contributed by atoms with Crippen LogP contribution in [0.3, 0.4) is 0 Å². The molecular formula is C11H10NiO. The predicted molar refractivity (Wildman–Crippen MR) is 49.5 cm³/mol. The van der Waals surface area contributed by atoms with Crippen LogP contribution in [0, 0.1) is 0 Å². The average molecular weight is 217 g/mol. The third-order valence-electron chi connectivity index (χ3n) is 1.38. The Labute approximate surface area is 88.0 Å². The first-order valence-electron chi connectivity index (χ1n) is 3.77. The molecule has 0 atom stereocenters. The van der Waals surface area contributed by atoms with Crippen molar-refractivity contribution in [3.8, 4) is 0 Å². The van der Waals surface area contributed by atoms with E-state index < -0.39 is 0 Å². The van der Waals surface area contributed by atoms with Gasteiger partial charge in [-0.15, -0.1) is 0 Å². The van der Waals surface area contributed by atoms with Gasteiger partial charge in [0.05, 0.1) is 6.29 Å². The molecule has 0 aliphatic carbocycles. The molecule has 13 heavy (non-hydrogen) atoms. The van der Waals surface area contributed by atoms with Gasteiger partial charge < -0.3 is 4.79 Å². The molecule has 2 rings (SSSR count). The van der Waals surface area contributed by atoms with E-state index in [2.05, 4.69) is 0 Å². The summed E-state index contributed by atoms with van der Waals surface area (Å²) in [6, 6.07) is 17.2. The first kappa shape index (κ1) is 11.9. The van der Waals surface area contributed by atoms with Crippen molar-refractivity contribution in [2.45, 2.75) is 0 Å². The molecule has 1 nitrogen and oxygen atoms in total. The summed E-state index contributed by atoms with van der Waals surface area (Å²) in [7, 11) is 0. The van der Waals surface area contributed by atoms with Crippen LogP contribution in [-0.4, -0.2) is 6.29 Å². The molecule has 0 spiro atoms. The van der Waals surface area contributed by atoms with Crippen LogP contribution < -0.4 is 0 Å². The van der Waals surface area contributed by atoms with Gasteiger partial charge in [0, 0.05) is 0 Å². The maximum absolute atomic E-state index is 9.87. The first-order chi connectivity index (χ1) is 5.93. The quantitative estimate of drug-likeness (QED) is 0.407. The van der Waals surface area contributed by atoms with Crippen molar-refractivity contribution >= 4 is 6.29 Å². The molecule has 0 bridgehead atoms. The molecule has 2 aromatic rings. The van der Waals surface area contributed by atoms with Gasteiger partial charge in [0.2, 0.25) is 0 Å². The molecule has 2 heteroatoms. The summed E-state index contributed by atoms with van der Waals surface area (Å²) in [4.78, 5) is 9.87. The Balaban J connectivity index is 0.000000215. The average Bonchev–Trinajstić information content (AvgIpc) is 2.81. The van der Waals surface area contributed by atoms with Crippen molar-refractivity contribution in [3.05, 3.63) is 60.2 Å². The fraction of sp³-hybridized carbons (Fsp3) is 0. The van der Waals surface area contributed by atoms with E-state index in [0.29, 0.717) is 0 Å². The summed E-state index contributed by atoms with van der Waals surface area (Å²) in [5.74, 6) is 0. The van der Waals surface area contributed by atoms with Gasteiger partial charge in [-0.05, 0) is 0 Å². The van der Waals surface area contributed by atoms with Crippen LogP contribution in [0.15, 0.2) is 54.6 Å². The van der Waals surface area contributed by atoms with Gasteiger partial charge in [-0.1, -0.05) is 5.56 Å². The second kappa shape index (κ2) is 7.51. The van der Waals surface area contributed by atoms with Gasteiger partial charge in [0.15, 0.2) is 0 Å². The van der Waals surface area contributed by atoms with Crippen LogP contribution in [0.5, 0.6) is 0 Å². The van der Waals surface area contributed by atoms with Crippen LogP contribution in [0.2, 0.25) is 0 Å². The van der Waals surface area contributed by atoms with Gasteiger partial charge in [0.25, 0.3) is 0 Å². The smallest absolute Gasteiger partial charge is 0.312 e. The van der Waals surface area contributed by atoms with Gasteiger partial charge >= 0.3 is 16.5 Å². The van der Waals surface area contributed by atoms with Gasteiger partial charge in [-0.25, -0.2) is 24.3 Å². The summed E-state index contributed by atoms with van der Waals surface area (Å²) in [6.45, 7) is 0. The van der Waals surface area contributed by atoms with E-state index in [1.54, 1.807) is 12.1 Å². The number of carbonyl (C=O) groups excluding carboxylic acids is 1. The third kappa shape index (κ3) is 5.16. The predicted octanol–water partition coefficient (Wildman–Crippen LogP) is 2.62. The SMILES string of the molecule is O=C[c-]1cccc1.[Ni+2].c1cc[cH-]c1. The zero-order valence-electron chi connectivity index (χ0n) is 7.00. The molecule has 0 amide bonds. The van der Waals surface area contributed by atoms with Crippen LogP contribution in [0.25, 0.3) is 0 Å². The minimum Gasteiger partial charge on any atom is -0.312 e. The molecule has 0 radical (unpaired) electrons. The topological polar surface area (TPSA) is 17.1 Å². The van der Waals surface area contributed by atoms with E-state index in [1.807, 2.05) is 42.5 Å². The van der Waals surface area contributed by atoms with Crippen molar-refractivity contribution in [3.63, 3.8) is 0 Å². The number of carbonyl (C=O) groups is 1. The number of rotatable bonds is 1. The van der Waals surface area contributed by atoms with E-state index in [-0.39, 0.29) is 16.5 Å². The summed E-state index contributed by atoms with van der Waals surface area (Å²) in [5.41, 5.74) is 0.750. The Hall–Kier alpha value is -1.14. The molecule has 0 aliphatic heterocycles. The molecule has 0 aromatic heterocycles. The second-order valence-electron chi connectivity index (χ2n) is 2.30. The first-order valence-corrected chi connectivity index (χ1v) is 3.77. The maximum Gasteiger partial charge on any atom is 2.00 e. The van der Waals surface area contributed by atoms with Gasteiger partial charge in [0.1, 0.15) is 0 Å². The zero-order valence-corrected chi connectivity index (χ0v) is 7.99. The third-order valence-corrected chi connectivity index (χ3v) is 1.38. The van der Waals surface area contributed by atoms with Crippen molar-refractivity contribution in [2.24, 2.45) is 0 Å². The Morgan fingerprint density at radius 2 is 1.54 bits per heavy atom. The van der Waals surface area contributed by atoms with Crippen LogP contribution >= 0.6 is 0 Å². The molecule has 0 saturated heterocycles. The summed E-state index contributed by atoms with van der Waals surface area (Å²) in [5, 5.41) is 0. The van der Waals surface area contributed by atoms with E-state index in [1.165, 1.54) is 0 Å². The van der Waals surface area contributed by atoms with Crippen molar-refractivity contribution in [1.29, 1.82) is 0 Å². The molecule has 0 heterocycles. The minimum absolute atomic E-state index is 0. The van der Waals surface area contributed by atoms with Crippen molar-refractivity contribution in [1.82, 2.24) is 0 Å². The molecule has 2 aromatic carbocycles. The molecule has 70 valence electrons. The Morgan fingerprint density at radius 3 is 1.77 bits per heavy atom. The van der Waals surface area contributed by atoms with Crippen LogP contribution in [0.1, 0.15) is 10.4 Å². The molecule has 0 unspecified atom stereocenters. The van der Waals surface area contributed by atoms with Crippen LogP contribution in [0.4, 0.5) is 0 Å². The maximum atomic E-state index is 9.87. The minimum atomic E-state index is 0. The number of hydrogen-bond donors (Lipinski definition) is 0. The number of hydrogen-bond acceptors (Lipinski definition) is 1. The summed E-state index contributed by atoms with van der Waals surface area (Å²) in [6.07, 6.45) is 0.833. The van der Waals surface area contributed by atoms with E-state index in [9.17, 15) is 4.79 Å². The Kier molecular flexibility index (Phi) is 6.85. The largest absolute Gasteiger partial charge is 2.00 e. The second-order valence-corrected chi connectivity index (χ2v) is 2.30. The fourth-order valence-electron chi connectivity index (χ4n) is 0.788. The van der Waals surface area contributed by atoms with E-state index in [0.717, 1.165) is 11.8 Å². The van der Waals surface area contributed by atoms with Crippen LogP contribution in [-0.2, 0) is 16.5 Å². The summed E-state index contributed by atoms with van der Waals surface area (Å²) < 4.78 is 0. The van der Waals surface area contributed by atoms with Crippen molar-refractivity contribution in [2.75, 3.05) is 0 Å². The zero-order chi connectivity index (χ0) is 8.65. The Bertz CT molecular complexity index is 265. The Morgan fingerprint density at radius 1 is 1.00 bits per heavy atom. The standard InChI is InChI=1S/C6H5O.C5H5.Ni/c7-5-6-3-1-2-4-6;1-2-4-5-3-1;/h1-5H;1-5H;/q2*-1;+2. The molecule has 0 saturated carbocycles. The van der Waals surface area contributed by atoms with Crippen molar-refractivity contribution < 1.29 is 21.3 Å². The van der Waals surface area contributed by atoms with Gasteiger partial charge in [-0.3, -0.25) is 0 Å². The number of aldehydes is 1. The molecule has 0 fully saturated rings.